The van der Waals surface area contributed by atoms with E-state index < -0.39 is 42.6 Å². The standard InChI is InChI=1S/C66H111NO12Si3/c1-48(40-41-55(68)49(2)56(72-15)39-32-42-77-82(65(9,10)11,52-34-27-24-28-35-52)53-36-29-25-30-37-53)58(74-17)45-59(69)66(12,13)60(79-81(21,22)64(6,7)8)46-61-67-54(47-76-61)57(73-16)38-31-23-26-33-50(71-14)43-51(44-62(70)75-18)78-80(19,20)63(3,4)5/h23-31,33-37,47-51,56-60,69H,32,38-46H2,1-22H3/b31-23+,33-26+/t48-,49-,50-,51-,56+,57-,58-,59-,60-/m0/s1. The summed E-state index contributed by atoms with van der Waals surface area (Å²) in [6.45, 7) is 37.6. The maximum absolute atomic E-state index is 13.9. The maximum atomic E-state index is 13.9. The molecule has 1 heterocycles. The Balaban J connectivity index is 1.69. The van der Waals surface area contributed by atoms with Crippen LogP contribution in [0.25, 0.3) is 0 Å². The Morgan fingerprint density at radius 1 is 0.695 bits per heavy atom. The molecule has 0 aliphatic heterocycles. The van der Waals surface area contributed by atoms with Gasteiger partial charge in [-0.15, -0.1) is 0 Å². The predicted octanol–water partition coefficient (Wildman–Crippen LogP) is 13.9. The number of aliphatic hydroxyl groups is 1. The summed E-state index contributed by atoms with van der Waals surface area (Å²) >= 11 is 0. The van der Waals surface area contributed by atoms with Gasteiger partial charge in [-0.25, -0.2) is 4.98 Å². The van der Waals surface area contributed by atoms with Crippen LogP contribution in [0.1, 0.15) is 159 Å². The van der Waals surface area contributed by atoms with E-state index in [2.05, 4.69) is 170 Å². The van der Waals surface area contributed by atoms with Crippen molar-refractivity contribution in [3.8, 4) is 0 Å². The summed E-state index contributed by atoms with van der Waals surface area (Å²) in [7, 11) is 0.861. The van der Waals surface area contributed by atoms with Gasteiger partial charge in [0.2, 0.25) is 0 Å². The lowest BCUT2D eigenvalue weighted by molar-refractivity contribution is -0.143. The molecule has 3 aromatic rings. The second-order valence-electron chi connectivity index (χ2n) is 27.3. The molecule has 13 nitrogen and oxygen atoms in total. The first kappa shape index (κ1) is 72.9. The Bertz CT molecular complexity index is 2350. The van der Waals surface area contributed by atoms with E-state index in [0.717, 1.165) is 6.42 Å². The number of hydrogen-bond donors (Lipinski definition) is 1. The number of carbonyl (C=O) groups excluding carboxylic acids is 2. The second-order valence-corrected chi connectivity index (χ2v) is 41.2. The van der Waals surface area contributed by atoms with E-state index in [0.29, 0.717) is 63.1 Å². The lowest BCUT2D eigenvalue weighted by atomic mass is 9.76. The average molecular weight is 1190 g/mol. The van der Waals surface area contributed by atoms with Crippen molar-refractivity contribution in [2.45, 2.75) is 232 Å². The zero-order chi connectivity index (χ0) is 61.9. The van der Waals surface area contributed by atoms with Gasteiger partial charge in [0.05, 0.1) is 50.2 Å². The Hall–Kier alpha value is -3.40. The fourth-order valence-electron chi connectivity index (χ4n) is 10.2. The first-order chi connectivity index (χ1) is 38.2. The van der Waals surface area contributed by atoms with Gasteiger partial charge >= 0.3 is 5.97 Å². The number of allylic oxidation sites excluding steroid dienone is 2. The molecule has 0 unspecified atom stereocenters. The Labute approximate surface area is 499 Å². The molecule has 3 rings (SSSR count). The van der Waals surface area contributed by atoms with Crippen molar-refractivity contribution in [1.82, 2.24) is 4.98 Å². The van der Waals surface area contributed by atoms with Crippen molar-refractivity contribution in [2.24, 2.45) is 17.3 Å². The smallest absolute Gasteiger partial charge is 0.308 e. The molecular weight excluding hydrogens is 1080 g/mol. The second kappa shape index (κ2) is 32.4. The number of rotatable bonds is 36. The Morgan fingerprint density at radius 2 is 1.26 bits per heavy atom. The molecule has 0 amide bonds. The van der Waals surface area contributed by atoms with Gasteiger partial charge in [0.25, 0.3) is 8.32 Å². The number of oxazole rings is 1. The predicted molar refractivity (Wildman–Crippen MR) is 340 cm³/mol. The topological polar surface area (TPSA) is 154 Å². The average Bonchev–Trinajstić information content (AvgIpc) is 3.89. The van der Waals surface area contributed by atoms with Gasteiger partial charge in [0.1, 0.15) is 23.8 Å². The number of carbonyl (C=O) groups is 2. The number of nitrogens with zero attached hydrogens (tertiary/aromatic N) is 1. The van der Waals surface area contributed by atoms with Crippen molar-refractivity contribution < 1.29 is 56.1 Å². The van der Waals surface area contributed by atoms with E-state index in [1.54, 1.807) is 34.7 Å². The van der Waals surface area contributed by atoms with Crippen LogP contribution in [0.3, 0.4) is 0 Å². The van der Waals surface area contributed by atoms with Crippen molar-refractivity contribution in [3.63, 3.8) is 0 Å². The lowest BCUT2D eigenvalue weighted by Crippen LogP contribution is -2.66. The van der Waals surface area contributed by atoms with E-state index >= 15 is 0 Å². The van der Waals surface area contributed by atoms with E-state index in [4.69, 9.17) is 46.4 Å². The molecular formula is C66H111NO12Si3. The highest BCUT2D eigenvalue weighted by atomic mass is 28.4. The van der Waals surface area contributed by atoms with E-state index in [1.807, 2.05) is 31.2 Å². The van der Waals surface area contributed by atoms with E-state index in [1.165, 1.54) is 17.5 Å². The molecule has 0 spiro atoms. The molecule has 0 radical (unpaired) electrons. The summed E-state index contributed by atoms with van der Waals surface area (Å²) in [6, 6.07) is 21.3. The number of Topliss-reactive ketones (excluding diaryl/α,β-unsaturated/α-hetero) is 1. The van der Waals surface area contributed by atoms with Gasteiger partial charge in [0.15, 0.2) is 22.5 Å². The van der Waals surface area contributed by atoms with Gasteiger partial charge in [-0.3, -0.25) is 9.59 Å². The monoisotopic (exact) mass is 1190 g/mol. The molecule has 9 atom stereocenters. The molecule has 0 aliphatic rings. The summed E-state index contributed by atoms with van der Waals surface area (Å²) in [4.78, 5) is 31.3. The van der Waals surface area contributed by atoms with Crippen LogP contribution in [0.15, 0.2) is 95.6 Å². The van der Waals surface area contributed by atoms with E-state index in [9.17, 15) is 14.7 Å². The minimum absolute atomic E-state index is 0.0178. The first-order valence-electron chi connectivity index (χ1n) is 29.9. The summed E-state index contributed by atoms with van der Waals surface area (Å²) in [5, 5.41) is 14.5. The molecule has 16 heteroatoms. The van der Waals surface area contributed by atoms with Crippen LogP contribution in [0.5, 0.6) is 0 Å². The number of hydrogen-bond acceptors (Lipinski definition) is 13. The van der Waals surface area contributed by atoms with Crippen LogP contribution < -0.4 is 10.4 Å². The summed E-state index contributed by atoms with van der Waals surface area (Å²) < 4.78 is 56.1. The SMILES string of the molecule is COC(=O)C[C@H](C[C@H](/C=C/C=C/C[C@H](OC)c1coc(C[C@H](O[Si](C)(C)C(C)(C)C)C(C)(C)[C@@H](O)C[C@H](OC)[C@@H](C)CCC(=O)[C@H](C)[C@@H](CCCO[Si](c2ccccc2)(c2ccccc2)C(C)(C)C)OC)n1)OC)O[Si](C)(C)C(C)(C)C. The van der Waals surface area contributed by atoms with Crippen molar-refractivity contribution in [3.05, 3.63) is 103 Å². The zero-order valence-corrected chi connectivity index (χ0v) is 57.8. The molecule has 464 valence electrons. The van der Waals surface area contributed by atoms with Gasteiger partial charge in [-0.1, -0.05) is 175 Å². The third kappa shape index (κ3) is 20.7. The number of esters is 1. The molecule has 0 bridgehead atoms. The molecule has 0 saturated carbocycles. The highest BCUT2D eigenvalue weighted by molar-refractivity contribution is 6.99. The molecule has 82 heavy (non-hydrogen) atoms. The molecule has 0 saturated heterocycles. The number of ketones is 1. The van der Waals surface area contributed by atoms with Crippen LogP contribution in [0, 0.1) is 17.3 Å². The first-order valence-corrected chi connectivity index (χ1v) is 37.7. The van der Waals surface area contributed by atoms with Crippen LogP contribution in [0.2, 0.25) is 41.3 Å². The highest BCUT2D eigenvalue weighted by Crippen LogP contribution is 2.43. The quantitative estimate of drug-likeness (QED) is 0.0254. The Kier molecular flexibility index (Phi) is 28.8. The normalized spacial score (nSPS) is 16.9. The number of benzene rings is 2. The van der Waals surface area contributed by atoms with Crippen molar-refractivity contribution in [2.75, 3.05) is 42.2 Å². The third-order valence-corrected chi connectivity index (χ3v) is 32.1. The number of aromatic nitrogens is 1. The van der Waals surface area contributed by atoms with Crippen molar-refractivity contribution in [1.29, 1.82) is 0 Å². The molecule has 0 fully saturated rings. The minimum Gasteiger partial charge on any atom is -0.469 e. The Morgan fingerprint density at radius 3 is 1.76 bits per heavy atom. The number of ether oxygens (including phenoxy) is 5. The lowest BCUT2D eigenvalue weighted by Gasteiger charge is -2.46. The van der Waals surface area contributed by atoms with Gasteiger partial charge in [-0.2, -0.15) is 0 Å². The highest BCUT2D eigenvalue weighted by Gasteiger charge is 2.51. The largest absolute Gasteiger partial charge is 0.469 e. The zero-order valence-electron chi connectivity index (χ0n) is 54.8. The third-order valence-electron chi connectivity index (χ3n) is 18.1. The molecule has 0 aliphatic carbocycles. The molecule has 2 aromatic carbocycles. The molecule has 1 N–H and O–H groups in total. The molecule has 1 aromatic heterocycles. The summed E-state index contributed by atoms with van der Waals surface area (Å²) in [5.41, 5.74) is -0.100. The fraction of sp³-hybridized carbons (Fsp3) is 0.682. The van der Waals surface area contributed by atoms with Crippen molar-refractivity contribution >= 4 is 47.1 Å². The van der Waals surface area contributed by atoms with Crippen LogP contribution in [-0.4, -0.2) is 126 Å². The fourth-order valence-corrected chi connectivity index (χ4v) is 17.6. The number of aliphatic hydroxyl groups excluding tert-OH is 1. The maximum Gasteiger partial charge on any atom is 0.308 e. The summed E-state index contributed by atoms with van der Waals surface area (Å²) in [6.07, 6.45) is 11.0. The van der Waals surface area contributed by atoms with Gasteiger partial charge in [0, 0.05) is 72.1 Å². The van der Waals surface area contributed by atoms with Crippen LogP contribution in [-0.2, 0) is 53.0 Å². The summed E-state index contributed by atoms with van der Waals surface area (Å²) in [5.74, 6) is 0.0271. The van der Waals surface area contributed by atoms with Crippen LogP contribution >= 0.6 is 0 Å². The number of methoxy groups -OCH3 is 5. The minimum atomic E-state index is -2.68. The van der Waals surface area contributed by atoms with Crippen LogP contribution in [0.4, 0.5) is 0 Å². The van der Waals surface area contributed by atoms with Gasteiger partial charge in [-0.05, 0) is 83.3 Å². The van der Waals surface area contributed by atoms with Gasteiger partial charge < -0.3 is 46.5 Å². The van der Waals surface area contributed by atoms with E-state index in [-0.39, 0.29) is 75.6 Å².